The Kier molecular flexibility index (Phi) is 6.74. The lowest BCUT2D eigenvalue weighted by molar-refractivity contribution is -0.140. The normalized spacial score (nSPS) is 10.1. The largest absolute Gasteiger partial charge is 0.469 e. The van der Waals surface area contributed by atoms with Gasteiger partial charge < -0.3 is 4.74 Å². The zero-order valence-electron chi connectivity index (χ0n) is 9.65. The van der Waals surface area contributed by atoms with E-state index < -0.39 is 0 Å². The van der Waals surface area contributed by atoms with Gasteiger partial charge in [-0.2, -0.15) is 0 Å². The van der Waals surface area contributed by atoms with Gasteiger partial charge in [0.2, 0.25) is 0 Å². The SMILES string of the molecule is COC(=O)CCCCCSc1ccccc1. The Morgan fingerprint density at radius 1 is 1.19 bits per heavy atom. The van der Waals surface area contributed by atoms with Crippen molar-refractivity contribution >= 4 is 17.7 Å². The lowest BCUT2D eigenvalue weighted by Crippen LogP contribution is -1.99. The third-order valence-electron chi connectivity index (χ3n) is 2.26. The van der Waals surface area contributed by atoms with Crippen molar-refractivity contribution in [3.63, 3.8) is 0 Å². The Balaban J connectivity index is 1.98. The monoisotopic (exact) mass is 238 g/mol. The Labute approximate surface area is 101 Å². The van der Waals surface area contributed by atoms with Crippen LogP contribution in [0.5, 0.6) is 0 Å². The molecule has 1 rings (SSSR count). The molecule has 0 fully saturated rings. The second-order valence-electron chi connectivity index (χ2n) is 3.55. The molecule has 0 atom stereocenters. The third kappa shape index (κ3) is 5.81. The van der Waals surface area contributed by atoms with Crippen molar-refractivity contribution in [2.45, 2.75) is 30.6 Å². The standard InChI is InChI=1S/C13H18O2S/c1-15-13(14)10-6-3-7-11-16-12-8-4-2-5-9-12/h2,4-5,8-9H,3,6-7,10-11H2,1H3. The van der Waals surface area contributed by atoms with Crippen LogP contribution in [0.1, 0.15) is 25.7 Å². The van der Waals surface area contributed by atoms with Crippen LogP contribution < -0.4 is 0 Å². The van der Waals surface area contributed by atoms with Gasteiger partial charge in [0.05, 0.1) is 7.11 Å². The number of carbonyl (C=O) groups excluding carboxylic acids is 1. The minimum absolute atomic E-state index is 0.101. The number of hydrogen-bond acceptors (Lipinski definition) is 3. The lowest BCUT2D eigenvalue weighted by Gasteiger charge is -2.01. The van der Waals surface area contributed by atoms with Crippen LogP contribution in [0.15, 0.2) is 35.2 Å². The van der Waals surface area contributed by atoms with E-state index in [4.69, 9.17) is 0 Å². The first-order valence-electron chi connectivity index (χ1n) is 5.57. The summed E-state index contributed by atoms with van der Waals surface area (Å²) in [5, 5.41) is 0. The first kappa shape index (κ1) is 13.1. The van der Waals surface area contributed by atoms with Crippen LogP contribution in [-0.2, 0) is 9.53 Å². The Morgan fingerprint density at radius 2 is 1.94 bits per heavy atom. The van der Waals surface area contributed by atoms with Gasteiger partial charge in [-0.3, -0.25) is 4.79 Å². The van der Waals surface area contributed by atoms with E-state index in [1.807, 2.05) is 17.8 Å². The average molecular weight is 238 g/mol. The van der Waals surface area contributed by atoms with E-state index in [-0.39, 0.29) is 5.97 Å². The average Bonchev–Trinajstić information content (AvgIpc) is 2.34. The summed E-state index contributed by atoms with van der Waals surface area (Å²) in [6, 6.07) is 10.4. The second-order valence-corrected chi connectivity index (χ2v) is 4.72. The Morgan fingerprint density at radius 3 is 2.62 bits per heavy atom. The lowest BCUT2D eigenvalue weighted by atomic mass is 10.2. The van der Waals surface area contributed by atoms with E-state index in [9.17, 15) is 4.79 Å². The molecular formula is C13H18O2S. The molecule has 0 unspecified atom stereocenters. The van der Waals surface area contributed by atoms with E-state index in [0.717, 1.165) is 25.0 Å². The Bertz CT molecular complexity index is 298. The first-order valence-corrected chi connectivity index (χ1v) is 6.56. The fraction of sp³-hybridized carbons (Fsp3) is 0.462. The number of hydrogen-bond donors (Lipinski definition) is 0. The van der Waals surface area contributed by atoms with E-state index in [2.05, 4.69) is 29.0 Å². The summed E-state index contributed by atoms with van der Waals surface area (Å²) < 4.78 is 4.58. The molecular weight excluding hydrogens is 220 g/mol. The van der Waals surface area contributed by atoms with Crippen molar-refractivity contribution < 1.29 is 9.53 Å². The van der Waals surface area contributed by atoms with E-state index in [1.54, 1.807) is 0 Å². The van der Waals surface area contributed by atoms with Gasteiger partial charge >= 0.3 is 5.97 Å². The predicted molar refractivity (Wildman–Crippen MR) is 67.7 cm³/mol. The molecule has 0 N–H and O–H groups in total. The highest BCUT2D eigenvalue weighted by atomic mass is 32.2. The van der Waals surface area contributed by atoms with Gasteiger partial charge in [-0.25, -0.2) is 0 Å². The zero-order valence-corrected chi connectivity index (χ0v) is 10.5. The number of ether oxygens (including phenoxy) is 1. The van der Waals surface area contributed by atoms with Gasteiger partial charge in [0.15, 0.2) is 0 Å². The molecule has 88 valence electrons. The van der Waals surface area contributed by atoms with Crippen molar-refractivity contribution in [2.75, 3.05) is 12.9 Å². The maximum atomic E-state index is 10.8. The van der Waals surface area contributed by atoms with E-state index >= 15 is 0 Å². The molecule has 0 heterocycles. The smallest absolute Gasteiger partial charge is 0.305 e. The molecule has 1 aromatic carbocycles. The summed E-state index contributed by atoms with van der Waals surface area (Å²) in [5.74, 6) is 1.02. The fourth-order valence-corrected chi connectivity index (χ4v) is 2.29. The fourth-order valence-electron chi connectivity index (χ4n) is 1.36. The number of rotatable bonds is 7. The van der Waals surface area contributed by atoms with Crippen LogP contribution in [0.3, 0.4) is 0 Å². The molecule has 16 heavy (non-hydrogen) atoms. The molecule has 0 aromatic heterocycles. The van der Waals surface area contributed by atoms with Crippen molar-refractivity contribution in [3.05, 3.63) is 30.3 Å². The van der Waals surface area contributed by atoms with Gasteiger partial charge in [0.25, 0.3) is 0 Å². The molecule has 0 saturated carbocycles. The number of carbonyl (C=O) groups is 1. The van der Waals surface area contributed by atoms with E-state index in [0.29, 0.717) is 6.42 Å². The third-order valence-corrected chi connectivity index (χ3v) is 3.36. The zero-order chi connectivity index (χ0) is 11.6. The molecule has 0 aliphatic carbocycles. The molecule has 0 spiro atoms. The summed E-state index contributed by atoms with van der Waals surface area (Å²) in [7, 11) is 1.44. The van der Waals surface area contributed by atoms with Crippen LogP contribution in [0.2, 0.25) is 0 Å². The minimum atomic E-state index is -0.101. The maximum Gasteiger partial charge on any atom is 0.305 e. The highest BCUT2D eigenvalue weighted by Crippen LogP contribution is 2.18. The second kappa shape index (κ2) is 8.22. The summed E-state index contributed by atoms with van der Waals surface area (Å²) in [4.78, 5) is 12.2. The van der Waals surface area contributed by atoms with Gasteiger partial charge in [0.1, 0.15) is 0 Å². The molecule has 1 aromatic rings. The molecule has 0 aliphatic heterocycles. The van der Waals surface area contributed by atoms with Crippen LogP contribution in [0.4, 0.5) is 0 Å². The summed E-state index contributed by atoms with van der Waals surface area (Å²) in [5.41, 5.74) is 0. The highest BCUT2D eigenvalue weighted by Gasteiger charge is 1.99. The van der Waals surface area contributed by atoms with Crippen molar-refractivity contribution in [1.82, 2.24) is 0 Å². The van der Waals surface area contributed by atoms with Crippen LogP contribution in [0, 0.1) is 0 Å². The Hall–Kier alpha value is -0.960. The molecule has 0 bridgehead atoms. The van der Waals surface area contributed by atoms with Gasteiger partial charge in [-0.1, -0.05) is 24.6 Å². The predicted octanol–water partition coefficient (Wildman–Crippen LogP) is 3.51. The number of unbranched alkanes of at least 4 members (excludes halogenated alkanes) is 2. The number of esters is 1. The molecule has 3 heteroatoms. The van der Waals surface area contributed by atoms with Crippen molar-refractivity contribution in [2.24, 2.45) is 0 Å². The van der Waals surface area contributed by atoms with Crippen LogP contribution in [0.25, 0.3) is 0 Å². The molecule has 2 nitrogen and oxygen atoms in total. The first-order chi connectivity index (χ1) is 7.83. The van der Waals surface area contributed by atoms with Gasteiger partial charge in [0, 0.05) is 11.3 Å². The number of benzene rings is 1. The summed E-state index contributed by atoms with van der Waals surface area (Å²) in [6.45, 7) is 0. The van der Waals surface area contributed by atoms with Gasteiger partial charge in [-0.05, 0) is 30.7 Å². The number of thioether (sulfide) groups is 1. The van der Waals surface area contributed by atoms with Crippen LogP contribution >= 0.6 is 11.8 Å². The van der Waals surface area contributed by atoms with Crippen molar-refractivity contribution in [1.29, 1.82) is 0 Å². The maximum absolute atomic E-state index is 10.8. The van der Waals surface area contributed by atoms with E-state index in [1.165, 1.54) is 12.0 Å². The molecule has 0 saturated heterocycles. The molecule has 0 radical (unpaired) electrons. The summed E-state index contributed by atoms with van der Waals surface area (Å²) in [6.07, 6.45) is 3.72. The summed E-state index contributed by atoms with van der Waals surface area (Å²) >= 11 is 1.87. The highest BCUT2D eigenvalue weighted by molar-refractivity contribution is 7.99. The molecule has 0 amide bonds. The van der Waals surface area contributed by atoms with Crippen molar-refractivity contribution in [3.8, 4) is 0 Å². The van der Waals surface area contributed by atoms with Gasteiger partial charge in [-0.15, -0.1) is 11.8 Å². The molecule has 0 aliphatic rings. The van der Waals surface area contributed by atoms with Crippen LogP contribution in [-0.4, -0.2) is 18.8 Å². The topological polar surface area (TPSA) is 26.3 Å². The number of methoxy groups -OCH3 is 1. The quantitative estimate of drug-likeness (QED) is 0.413. The minimum Gasteiger partial charge on any atom is -0.469 e.